The van der Waals surface area contributed by atoms with E-state index in [0.29, 0.717) is 0 Å². The number of carbonyl (C=O) groups is 4. The van der Waals surface area contributed by atoms with Crippen LogP contribution < -0.4 is 5.32 Å². The van der Waals surface area contributed by atoms with E-state index in [1.807, 2.05) is 0 Å². The number of hydrogen-bond acceptors (Lipinski definition) is 8. The van der Waals surface area contributed by atoms with Gasteiger partial charge in [0.1, 0.15) is 6.04 Å². The van der Waals surface area contributed by atoms with Crippen LogP contribution in [-0.2, 0) is 28.6 Å². The Bertz CT molecular complexity index is 604. The van der Waals surface area contributed by atoms with E-state index < -0.39 is 47.7 Å². The highest BCUT2D eigenvalue weighted by Gasteiger charge is 2.28. The molecule has 1 unspecified atom stereocenters. The number of Topliss-reactive ketones (excluding diaryl/α,β-unsaturated/α-hetero) is 1. The lowest BCUT2D eigenvalue weighted by atomic mass is 9.97. The van der Waals surface area contributed by atoms with E-state index in [9.17, 15) is 19.2 Å². The van der Waals surface area contributed by atoms with E-state index >= 15 is 0 Å². The average molecular weight is 386 g/mol. The molecule has 1 amide bonds. The minimum Gasteiger partial charge on any atom is -0.461 e. The summed E-state index contributed by atoms with van der Waals surface area (Å²) < 4.78 is 14.9. The fourth-order valence-corrected chi connectivity index (χ4v) is 1.67. The van der Waals surface area contributed by atoms with Crippen molar-refractivity contribution in [2.24, 2.45) is 5.41 Å². The first-order valence-electron chi connectivity index (χ1n) is 8.48. The van der Waals surface area contributed by atoms with Crippen LogP contribution in [0.2, 0.25) is 0 Å². The zero-order valence-electron chi connectivity index (χ0n) is 16.5. The van der Waals surface area contributed by atoms with Gasteiger partial charge in [-0.15, -0.1) is 0 Å². The molecule has 0 saturated heterocycles. The second kappa shape index (κ2) is 11.1. The van der Waals surface area contributed by atoms with E-state index in [-0.39, 0.29) is 12.8 Å². The second-order valence-corrected chi connectivity index (χ2v) is 7.07. The summed E-state index contributed by atoms with van der Waals surface area (Å²) >= 11 is 0. The first-order valence-corrected chi connectivity index (χ1v) is 8.48. The monoisotopic (exact) mass is 386 g/mol. The van der Waals surface area contributed by atoms with Crippen molar-refractivity contribution in [3.05, 3.63) is 0 Å². The van der Waals surface area contributed by atoms with Crippen LogP contribution in [0.25, 0.3) is 0 Å². The summed E-state index contributed by atoms with van der Waals surface area (Å²) in [7, 11) is 0. The second-order valence-electron chi connectivity index (χ2n) is 7.07. The molecule has 10 nitrogen and oxygen atoms in total. The number of nitrogens with zero attached hydrogens (tertiary/aromatic N) is 1. The molecule has 10 heteroatoms. The summed E-state index contributed by atoms with van der Waals surface area (Å²) in [4.78, 5) is 50.2. The number of alkyl carbamates (subject to hydrolysis) is 1. The fourth-order valence-electron chi connectivity index (χ4n) is 1.67. The van der Waals surface area contributed by atoms with Crippen molar-refractivity contribution in [2.45, 2.75) is 72.8 Å². The molecule has 2 N–H and O–H groups in total. The molecule has 0 aromatic rings. The van der Waals surface area contributed by atoms with Gasteiger partial charge in [0.15, 0.2) is 0 Å². The van der Waals surface area contributed by atoms with Gasteiger partial charge in [0.25, 0.3) is 0 Å². The maximum Gasteiger partial charge on any atom is 0.410 e. The van der Waals surface area contributed by atoms with Crippen LogP contribution in [0.3, 0.4) is 0 Å². The number of hydrogen-bond donors (Lipinski definition) is 2. The summed E-state index contributed by atoms with van der Waals surface area (Å²) in [5.74, 6) is -1.77. The van der Waals surface area contributed by atoms with E-state index in [2.05, 4.69) is 10.1 Å². The smallest absolute Gasteiger partial charge is 0.410 e. The Balaban J connectivity index is 4.85. The maximum atomic E-state index is 12.1. The van der Waals surface area contributed by atoms with Gasteiger partial charge in [-0.2, -0.15) is 0 Å². The van der Waals surface area contributed by atoms with Crippen molar-refractivity contribution in [2.75, 3.05) is 0 Å². The number of ketones is 1. The molecule has 0 aliphatic rings. The maximum absolute atomic E-state index is 12.1. The minimum atomic E-state index is -1.17. The van der Waals surface area contributed by atoms with Crippen molar-refractivity contribution in [3.8, 4) is 0 Å². The molecule has 0 radical (unpaired) electrons. The predicted octanol–water partition coefficient (Wildman–Crippen LogP) is 1.63. The number of amides is 1. The molecular weight excluding hydrogens is 358 g/mol. The topological polar surface area (TPSA) is 146 Å². The first kappa shape index (κ1) is 24.3. The van der Waals surface area contributed by atoms with E-state index in [0.717, 1.165) is 6.21 Å². The molecular formula is C17H28N3O7+. The summed E-state index contributed by atoms with van der Waals surface area (Å²) in [5.41, 5.74) is 5.84. The van der Waals surface area contributed by atoms with Crippen molar-refractivity contribution < 1.29 is 38.2 Å². The minimum absolute atomic E-state index is 0.0678. The van der Waals surface area contributed by atoms with Crippen molar-refractivity contribution >= 4 is 30.0 Å². The zero-order chi connectivity index (χ0) is 21.2. The zero-order valence-corrected chi connectivity index (χ0v) is 16.5. The highest BCUT2D eigenvalue weighted by molar-refractivity contribution is 6.25. The first-order chi connectivity index (χ1) is 12.4. The SMILES string of the molecule is CC(C)OC(=O)[C@H](CCC(=O)C=[N+]=N)NC(=O)OC(C)OC(=O)C(C)(C)C. The summed E-state index contributed by atoms with van der Waals surface area (Å²) in [6.07, 6.45) is -1.99. The van der Waals surface area contributed by atoms with Crippen LogP contribution in [0, 0.1) is 10.9 Å². The van der Waals surface area contributed by atoms with Gasteiger partial charge in [0.05, 0.1) is 21.8 Å². The standard InChI is InChI=1S/C17H27N3O7/c1-10(2)25-14(22)13(8-7-12(21)9-19-18)20-16(24)27-11(3)26-15(23)17(4,5)6/h9-11,13,18H,7-8H2,1-6H3/p+1/t11?,13-/m0/s1. The molecule has 2 atom stereocenters. The molecule has 0 rings (SSSR count). The Hall–Kier alpha value is -2.74. The third kappa shape index (κ3) is 10.8. The van der Waals surface area contributed by atoms with Crippen LogP contribution in [0.4, 0.5) is 4.79 Å². The van der Waals surface area contributed by atoms with E-state index in [1.54, 1.807) is 34.6 Å². The Morgan fingerprint density at radius 2 is 1.67 bits per heavy atom. The highest BCUT2D eigenvalue weighted by Crippen LogP contribution is 2.16. The van der Waals surface area contributed by atoms with Crippen molar-refractivity contribution in [1.29, 1.82) is 5.53 Å². The van der Waals surface area contributed by atoms with Gasteiger partial charge in [-0.25, -0.2) is 9.59 Å². The Morgan fingerprint density at radius 3 is 2.15 bits per heavy atom. The summed E-state index contributed by atoms with van der Waals surface area (Å²) in [5, 5.41) is 2.29. The molecule has 27 heavy (non-hydrogen) atoms. The van der Waals surface area contributed by atoms with Gasteiger partial charge in [0, 0.05) is 13.3 Å². The highest BCUT2D eigenvalue weighted by atomic mass is 16.7. The molecule has 0 bridgehead atoms. The van der Waals surface area contributed by atoms with Crippen LogP contribution in [-0.4, -0.2) is 53.3 Å². The molecule has 0 aromatic heterocycles. The van der Waals surface area contributed by atoms with Gasteiger partial charge < -0.3 is 19.5 Å². The van der Waals surface area contributed by atoms with Gasteiger partial charge in [0.2, 0.25) is 12.1 Å². The van der Waals surface area contributed by atoms with Crippen LogP contribution in [0.5, 0.6) is 0 Å². The van der Waals surface area contributed by atoms with Crippen LogP contribution >= 0.6 is 0 Å². The van der Waals surface area contributed by atoms with Crippen LogP contribution in [0.15, 0.2) is 0 Å². The van der Waals surface area contributed by atoms with Gasteiger partial charge in [-0.3, -0.25) is 9.59 Å². The van der Waals surface area contributed by atoms with E-state index in [1.165, 1.54) is 6.92 Å². The third-order valence-corrected chi connectivity index (χ3v) is 2.97. The number of rotatable bonds is 9. The average Bonchev–Trinajstić information content (AvgIpc) is 2.49. The number of carbonyl (C=O) groups excluding carboxylic acids is 4. The molecule has 152 valence electrons. The predicted molar refractivity (Wildman–Crippen MR) is 92.9 cm³/mol. The molecule has 0 aliphatic carbocycles. The number of esters is 2. The van der Waals surface area contributed by atoms with Crippen molar-refractivity contribution in [1.82, 2.24) is 5.32 Å². The van der Waals surface area contributed by atoms with Gasteiger partial charge in [-0.1, -0.05) is 0 Å². The quantitative estimate of drug-likeness (QED) is 0.201. The molecule has 0 spiro atoms. The van der Waals surface area contributed by atoms with Gasteiger partial charge >= 0.3 is 24.2 Å². The largest absolute Gasteiger partial charge is 0.461 e. The number of nitrogens with one attached hydrogen (secondary N) is 2. The Morgan fingerprint density at radius 1 is 1.07 bits per heavy atom. The van der Waals surface area contributed by atoms with Gasteiger partial charge in [-0.05, 0) is 41.0 Å². The Labute approximate surface area is 158 Å². The normalized spacial score (nSPS) is 13.0. The molecule has 0 aliphatic heterocycles. The lowest BCUT2D eigenvalue weighted by molar-refractivity contribution is -0.174. The number of ether oxygens (including phenoxy) is 3. The summed E-state index contributed by atoms with van der Waals surface area (Å²) in [6.45, 7) is 9.59. The van der Waals surface area contributed by atoms with E-state index in [4.69, 9.17) is 19.7 Å². The molecule has 0 saturated carbocycles. The van der Waals surface area contributed by atoms with Crippen molar-refractivity contribution in [3.63, 3.8) is 0 Å². The molecule has 0 aromatic carbocycles. The third-order valence-electron chi connectivity index (χ3n) is 2.97. The van der Waals surface area contributed by atoms with Crippen LogP contribution in [0.1, 0.15) is 54.4 Å². The fraction of sp³-hybridized carbons (Fsp3) is 0.706. The molecule has 0 heterocycles. The lowest BCUT2D eigenvalue weighted by Gasteiger charge is -2.22. The Kier molecular flexibility index (Phi) is 9.95. The summed E-state index contributed by atoms with van der Waals surface area (Å²) in [6, 6.07) is -1.14. The molecule has 0 fully saturated rings. The lowest BCUT2D eigenvalue weighted by Crippen LogP contribution is -2.44.